The molecule has 3 heteroatoms. The summed E-state index contributed by atoms with van der Waals surface area (Å²) in [6.45, 7) is 4.33. The first-order valence-corrected chi connectivity index (χ1v) is 6.18. The summed E-state index contributed by atoms with van der Waals surface area (Å²) in [6, 6.07) is 0. The van der Waals surface area contributed by atoms with Crippen LogP contribution < -0.4 is 0 Å². The Morgan fingerprint density at radius 2 is 2.00 bits per heavy atom. The zero-order valence-electron chi connectivity index (χ0n) is 9.17. The molecule has 84 valence electrons. The Kier molecular flexibility index (Phi) is 6.57. The number of nitrogens with zero attached hydrogens (tertiary/aromatic N) is 1. The topological polar surface area (TPSA) is 12.5 Å². The fraction of sp³-hybridized carbons (Fsp3) is 1.00. The molecular formula is C11H22ClNO. The number of ether oxygens (including phenoxy) is 1. The van der Waals surface area contributed by atoms with Gasteiger partial charge in [-0.2, -0.15) is 0 Å². The highest BCUT2D eigenvalue weighted by atomic mass is 35.5. The van der Waals surface area contributed by atoms with Crippen molar-refractivity contribution in [3.63, 3.8) is 0 Å². The van der Waals surface area contributed by atoms with Crippen LogP contribution in [0.3, 0.4) is 0 Å². The normalized spacial score (nSPS) is 19.1. The fourth-order valence-corrected chi connectivity index (χ4v) is 2.13. The van der Waals surface area contributed by atoms with Crippen LogP contribution in [0.1, 0.15) is 25.7 Å². The van der Waals surface area contributed by atoms with Gasteiger partial charge in [0, 0.05) is 25.6 Å². The monoisotopic (exact) mass is 219 g/mol. The van der Waals surface area contributed by atoms with Gasteiger partial charge >= 0.3 is 0 Å². The van der Waals surface area contributed by atoms with Crippen molar-refractivity contribution in [1.82, 2.24) is 4.90 Å². The third-order valence-electron chi connectivity index (χ3n) is 2.83. The summed E-state index contributed by atoms with van der Waals surface area (Å²) in [4.78, 5) is 2.43. The summed E-state index contributed by atoms with van der Waals surface area (Å²) in [5, 5.41) is 0. The highest BCUT2D eigenvalue weighted by Crippen LogP contribution is 2.15. The molecule has 1 rings (SSSR count). The van der Waals surface area contributed by atoms with Crippen molar-refractivity contribution in [1.29, 1.82) is 0 Å². The number of halogens is 1. The van der Waals surface area contributed by atoms with E-state index in [2.05, 4.69) is 11.9 Å². The average Bonchev–Trinajstić information content (AvgIpc) is 2.20. The van der Waals surface area contributed by atoms with Crippen LogP contribution in [-0.4, -0.2) is 44.1 Å². The largest absolute Gasteiger partial charge is 0.381 e. The maximum atomic E-state index is 5.64. The van der Waals surface area contributed by atoms with Crippen molar-refractivity contribution in [2.24, 2.45) is 5.92 Å². The molecule has 1 aliphatic heterocycles. The molecule has 1 saturated heterocycles. The third kappa shape index (κ3) is 5.18. The minimum absolute atomic E-state index is 0.797. The van der Waals surface area contributed by atoms with E-state index in [4.69, 9.17) is 16.3 Å². The molecule has 2 nitrogen and oxygen atoms in total. The summed E-state index contributed by atoms with van der Waals surface area (Å²) in [5.74, 6) is 1.65. The SMILES string of the molecule is CN(CCCCCl)CC1CCOCC1. The van der Waals surface area contributed by atoms with Crippen molar-refractivity contribution >= 4 is 11.6 Å². The Morgan fingerprint density at radius 1 is 1.29 bits per heavy atom. The van der Waals surface area contributed by atoms with E-state index in [9.17, 15) is 0 Å². The minimum atomic E-state index is 0.797. The van der Waals surface area contributed by atoms with Crippen molar-refractivity contribution in [3.05, 3.63) is 0 Å². The Hall–Kier alpha value is 0.210. The van der Waals surface area contributed by atoms with Crippen LogP contribution in [0.25, 0.3) is 0 Å². The number of alkyl halides is 1. The number of rotatable bonds is 6. The second-order valence-corrected chi connectivity index (χ2v) is 4.59. The average molecular weight is 220 g/mol. The molecule has 0 N–H and O–H groups in total. The van der Waals surface area contributed by atoms with Gasteiger partial charge in [-0.25, -0.2) is 0 Å². The molecule has 0 bridgehead atoms. The molecule has 0 aromatic rings. The smallest absolute Gasteiger partial charge is 0.0469 e. The van der Waals surface area contributed by atoms with Gasteiger partial charge in [0.25, 0.3) is 0 Å². The first-order valence-electron chi connectivity index (χ1n) is 5.65. The Balaban J connectivity index is 2.03. The molecular weight excluding hydrogens is 198 g/mol. The van der Waals surface area contributed by atoms with E-state index in [1.165, 1.54) is 32.4 Å². The molecule has 1 aliphatic rings. The van der Waals surface area contributed by atoms with Gasteiger partial charge < -0.3 is 9.64 Å². The Labute approximate surface area is 92.6 Å². The van der Waals surface area contributed by atoms with Crippen LogP contribution >= 0.6 is 11.6 Å². The Bertz CT molecular complexity index is 137. The van der Waals surface area contributed by atoms with Crippen molar-refractivity contribution in [2.45, 2.75) is 25.7 Å². The van der Waals surface area contributed by atoms with E-state index in [0.717, 1.165) is 31.4 Å². The Morgan fingerprint density at radius 3 is 2.64 bits per heavy atom. The highest BCUT2D eigenvalue weighted by Gasteiger charge is 2.15. The van der Waals surface area contributed by atoms with Gasteiger partial charge in [-0.05, 0) is 45.2 Å². The lowest BCUT2D eigenvalue weighted by Gasteiger charge is -2.27. The van der Waals surface area contributed by atoms with Gasteiger partial charge in [0.05, 0.1) is 0 Å². The maximum Gasteiger partial charge on any atom is 0.0469 e. The molecule has 1 heterocycles. The van der Waals surface area contributed by atoms with Crippen molar-refractivity contribution in [3.8, 4) is 0 Å². The number of hydrogen-bond acceptors (Lipinski definition) is 2. The van der Waals surface area contributed by atoms with Gasteiger partial charge in [0.2, 0.25) is 0 Å². The lowest BCUT2D eigenvalue weighted by molar-refractivity contribution is 0.0556. The molecule has 14 heavy (non-hydrogen) atoms. The molecule has 0 radical (unpaired) electrons. The van der Waals surface area contributed by atoms with E-state index in [1.807, 2.05) is 0 Å². The van der Waals surface area contributed by atoms with E-state index in [-0.39, 0.29) is 0 Å². The van der Waals surface area contributed by atoms with Crippen LogP contribution in [0.4, 0.5) is 0 Å². The molecule has 0 saturated carbocycles. The quantitative estimate of drug-likeness (QED) is 0.503. The van der Waals surface area contributed by atoms with Gasteiger partial charge in [0.15, 0.2) is 0 Å². The second kappa shape index (κ2) is 7.49. The van der Waals surface area contributed by atoms with Crippen molar-refractivity contribution < 1.29 is 4.74 Å². The first-order chi connectivity index (χ1) is 6.83. The zero-order valence-corrected chi connectivity index (χ0v) is 9.93. The van der Waals surface area contributed by atoms with Crippen LogP contribution in [0.2, 0.25) is 0 Å². The molecule has 0 aliphatic carbocycles. The van der Waals surface area contributed by atoms with E-state index in [1.54, 1.807) is 0 Å². The summed E-state index contributed by atoms with van der Waals surface area (Å²) in [7, 11) is 2.21. The minimum Gasteiger partial charge on any atom is -0.381 e. The van der Waals surface area contributed by atoms with Gasteiger partial charge in [-0.1, -0.05) is 0 Å². The first kappa shape index (κ1) is 12.3. The summed E-state index contributed by atoms with van der Waals surface area (Å²) < 4.78 is 5.34. The summed E-state index contributed by atoms with van der Waals surface area (Å²) in [5.41, 5.74) is 0. The highest BCUT2D eigenvalue weighted by molar-refractivity contribution is 6.17. The van der Waals surface area contributed by atoms with Gasteiger partial charge in [-0.3, -0.25) is 0 Å². The van der Waals surface area contributed by atoms with Crippen LogP contribution in [-0.2, 0) is 4.74 Å². The summed E-state index contributed by atoms with van der Waals surface area (Å²) in [6.07, 6.45) is 4.84. The fourth-order valence-electron chi connectivity index (χ4n) is 1.94. The number of hydrogen-bond donors (Lipinski definition) is 0. The standard InChI is InChI=1S/C11H22ClNO/c1-13(7-3-2-6-12)10-11-4-8-14-9-5-11/h11H,2-10H2,1H3. The maximum absolute atomic E-state index is 5.64. The molecule has 0 unspecified atom stereocenters. The molecule has 0 atom stereocenters. The van der Waals surface area contributed by atoms with Crippen molar-refractivity contribution in [2.75, 3.05) is 39.2 Å². The van der Waals surface area contributed by atoms with Gasteiger partial charge in [-0.15, -0.1) is 11.6 Å². The molecule has 0 spiro atoms. The van der Waals surface area contributed by atoms with Crippen LogP contribution in [0.5, 0.6) is 0 Å². The zero-order chi connectivity index (χ0) is 10.2. The predicted molar refractivity (Wildman–Crippen MR) is 61.0 cm³/mol. The van der Waals surface area contributed by atoms with E-state index >= 15 is 0 Å². The summed E-state index contributed by atoms with van der Waals surface area (Å²) >= 11 is 5.64. The lowest BCUT2D eigenvalue weighted by atomic mass is 10.00. The van der Waals surface area contributed by atoms with Crippen LogP contribution in [0.15, 0.2) is 0 Å². The lowest BCUT2D eigenvalue weighted by Crippen LogP contribution is -2.30. The second-order valence-electron chi connectivity index (χ2n) is 4.21. The predicted octanol–water partition coefficient (Wildman–Crippen LogP) is 2.36. The number of unbranched alkanes of at least 4 members (excludes halogenated alkanes) is 1. The molecule has 0 amide bonds. The van der Waals surface area contributed by atoms with E-state index < -0.39 is 0 Å². The van der Waals surface area contributed by atoms with Crippen LogP contribution in [0, 0.1) is 5.92 Å². The van der Waals surface area contributed by atoms with Gasteiger partial charge in [0.1, 0.15) is 0 Å². The molecule has 0 aromatic carbocycles. The molecule has 1 fully saturated rings. The molecule has 0 aromatic heterocycles. The third-order valence-corrected chi connectivity index (χ3v) is 3.10. The van der Waals surface area contributed by atoms with E-state index in [0.29, 0.717) is 0 Å².